The summed E-state index contributed by atoms with van der Waals surface area (Å²) >= 11 is 0. The van der Waals surface area contributed by atoms with E-state index in [1.807, 2.05) is 0 Å². The van der Waals surface area contributed by atoms with Crippen LogP contribution in [0.15, 0.2) is 30.6 Å². The van der Waals surface area contributed by atoms with Crippen LogP contribution in [0, 0.1) is 0 Å². The molecule has 8 nitrogen and oxygen atoms in total. The lowest BCUT2D eigenvalue weighted by atomic mass is 10.2. The van der Waals surface area contributed by atoms with Crippen LogP contribution in [0.2, 0.25) is 0 Å². The number of tetrazole rings is 1. The number of nitrogens with zero attached hydrogens (tertiary/aromatic N) is 5. The number of hydrogen-bond acceptors (Lipinski definition) is 6. The van der Waals surface area contributed by atoms with Gasteiger partial charge in [0.25, 0.3) is 5.91 Å². The van der Waals surface area contributed by atoms with Crippen molar-refractivity contribution in [1.82, 2.24) is 25.1 Å². The molecule has 1 heterocycles. The molecule has 0 fully saturated rings. The first-order chi connectivity index (χ1) is 9.76. The van der Waals surface area contributed by atoms with Crippen LogP contribution in [0.25, 0.3) is 5.69 Å². The first kappa shape index (κ1) is 14.1. The average molecular weight is 277 g/mol. The van der Waals surface area contributed by atoms with Crippen molar-refractivity contribution in [2.75, 3.05) is 26.3 Å². The van der Waals surface area contributed by atoms with Crippen molar-refractivity contribution in [3.8, 4) is 5.69 Å². The third-order valence-electron chi connectivity index (χ3n) is 2.75. The number of rotatable bonds is 6. The molecule has 0 saturated heterocycles. The maximum atomic E-state index is 12.2. The van der Waals surface area contributed by atoms with E-state index in [1.165, 1.54) is 15.9 Å². The lowest BCUT2D eigenvalue weighted by molar-refractivity contribution is 0.0685. The van der Waals surface area contributed by atoms with E-state index in [9.17, 15) is 4.79 Å². The standard InChI is InChI=1S/C12H15N5O3/c18-7-5-16(6-8-19)12(20)10-1-3-11(4-2-10)17-9-13-14-15-17/h1-4,9,18-19H,5-8H2. The van der Waals surface area contributed by atoms with Crippen molar-refractivity contribution in [3.63, 3.8) is 0 Å². The number of aromatic nitrogens is 4. The van der Waals surface area contributed by atoms with Gasteiger partial charge in [-0.2, -0.15) is 0 Å². The van der Waals surface area contributed by atoms with Crippen molar-refractivity contribution in [1.29, 1.82) is 0 Å². The highest BCUT2D eigenvalue weighted by molar-refractivity contribution is 5.94. The Kier molecular flexibility index (Phi) is 4.75. The first-order valence-corrected chi connectivity index (χ1v) is 6.10. The van der Waals surface area contributed by atoms with Crippen LogP contribution < -0.4 is 0 Å². The molecule has 0 aliphatic carbocycles. The molecule has 2 rings (SSSR count). The molecule has 0 unspecified atom stereocenters. The lowest BCUT2D eigenvalue weighted by Gasteiger charge is -2.20. The van der Waals surface area contributed by atoms with Crippen LogP contribution in [-0.2, 0) is 0 Å². The average Bonchev–Trinajstić information content (AvgIpc) is 3.01. The minimum atomic E-state index is -0.239. The summed E-state index contributed by atoms with van der Waals surface area (Å²) in [6, 6.07) is 6.75. The summed E-state index contributed by atoms with van der Waals surface area (Å²) in [5.74, 6) is -0.239. The topological polar surface area (TPSA) is 104 Å². The van der Waals surface area contributed by atoms with Gasteiger partial charge >= 0.3 is 0 Å². The van der Waals surface area contributed by atoms with Crippen molar-refractivity contribution in [2.45, 2.75) is 0 Å². The molecule has 1 aromatic carbocycles. The summed E-state index contributed by atoms with van der Waals surface area (Å²) in [5.41, 5.74) is 1.21. The van der Waals surface area contributed by atoms with E-state index in [0.717, 1.165) is 5.69 Å². The highest BCUT2D eigenvalue weighted by Crippen LogP contribution is 2.10. The Hall–Kier alpha value is -2.32. The van der Waals surface area contributed by atoms with Gasteiger partial charge in [0.05, 0.1) is 18.9 Å². The van der Waals surface area contributed by atoms with Crippen LogP contribution in [0.1, 0.15) is 10.4 Å². The second kappa shape index (κ2) is 6.73. The maximum Gasteiger partial charge on any atom is 0.254 e. The number of hydrogen-bond donors (Lipinski definition) is 2. The van der Waals surface area contributed by atoms with Crippen LogP contribution >= 0.6 is 0 Å². The summed E-state index contributed by atoms with van der Waals surface area (Å²) in [7, 11) is 0. The van der Waals surface area contributed by atoms with Gasteiger partial charge in [-0.05, 0) is 34.7 Å². The Balaban J connectivity index is 2.14. The van der Waals surface area contributed by atoms with Crippen LogP contribution in [0.5, 0.6) is 0 Å². The number of carbonyl (C=O) groups is 1. The predicted molar refractivity (Wildman–Crippen MR) is 69.2 cm³/mol. The van der Waals surface area contributed by atoms with Gasteiger partial charge in [0, 0.05) is 18.7 Å². The fourth-order valence-corrected chi connectivity index (χ4v) is 1.78. The van der Waals surface area contributed by atoms with E-state index in [4.69, 9.17) is 10.2 Å². The molecule has 0 saturated carbocycles. The maximum absolute atomic E-state index is 12.2. The zero-order valence-corrected chi connectivity index (χ0v) is 10.8. The lowest BCUT2D eigenvalue weighted by Crippen LogP contribution is -2.35. The fraction of sp³-hybridized carbons (Fsp3) is 0.333. The number of aliphatic hydroxyl groups is 2. The quantitative estimate of drug-likeness (QED) is 0.708. The predicted octanol–water partition coefficient (Wildman–Crippen LogP) is -0.911. The molecule has 20 heavy (non-hydrogen) atoms. The van der Waals surface area contributed by atoms with Gasteiger partial charge in [-0.3, -0.25) is 4.79 Å². The van der Waals surface area contributed by atoms with E-state index >= 15 is 0 Å². The van der Waals surface area contributed by atoms with Gasteiger partial charge < -0.3 is 15.1 Å². The van der Waals surface area contributed by atoms with Crippen molar-refractivity contribution in [3.05, 3.63) is 36.2 Å². The molecule has 0 bridgehead atoms. The first-order valence-electron chi connectivity index (χ1n) is 6.10. The van der Waals surface area contributed by atoms with Gasteiger partial charge in [0.2, 0.25) is 0 Å². The smallest absolute Gasteiger partial charge is 0.254 e. The Morgan fingerprint density at radius 1 is 1.15 bits per heavy atom. The van der Waals surface area contributed by atoms with Crippen LogP contribution in [0.3, 0.4) is 0 Å². The second-order valence-electron chi connectivity index (χ2n) is 4.04. The molecule has 8 heteroatoms. The fourth-order valence-electron chi connectivity index (χ4n) is 1.78. The monoisotopic (exact) mass is 277 g/mol. The second-order valence-corrected chi connectivity index (χ2v) is 4.04. The largest absolute Gasteiger partial charge is 0.395 e. The molecule has 0 aliphatic rings. The van der Waals surface area contributed by atoms with Gasteiger partial charge in [-0.15, -0.1) is 5.10 Å². The van der Waals surface area contributed by atoms with Gasteiger partial charge in [0.15, 0.2) is 0 Å². The zero-order valence-electron chi connectivity index (χ0n) is 10.8. The SMILES string of the molecule is O=C(c1ccc(-n2cnnn2)cc1)N(CCO)CCO. The Bertz CT molecular complexity index is 535. The normalized spacial score (nSPS) is 10.5. The van der Waals surface area contributed by atoms with Crippen molar-refractivity contribution < 1.29 is 15.0 Å². The summed E-state index contributed by atoms with van der Waals surface area (Å²) < 4.78 is 1.48. The Morgan fingerprint density at radius 2 is 1.80 bits per heavy atom. The number of aliphatic hydroxyl groups excluding tert-OH is 2. The summed E-state index contributed by atoms with van der Waals surface area (Å²) in [6.45, 7) is 0.0885. The van der Waals surface area contributed by atoms with E-state index in [0.29, 0.717) is 5.56 Å². The van der Waals surface area contributed by atoms with E-state index < -0.39 is 0 Å². The zero-order chi connectivity index (χ0) is 14.4. The molecule has 1 aromatic heterocycles. The summed E-state index contributed by atoms with van der Waals surface area (Å²) in [5, 5.41) is 28.7. The summed E-state index contributed by atoms with van der Waals surface area (Å²) in [6.07, 6.45) is 1.46. The van der Waals surface area contributed by atoms with Crippen LogP contribution in [-0.4, -0.2) is 67.5 Å². The van der Waals surface area contributed by atoms with E-state index in [2.05, 4.69) is 15.5 Å². The molecule has 0 aliphatic heterocycles. The molecule has 106 valence electrons. The third kappa shape index (κ3) is 3.16. The number of carbonyl (C=O) groups excluding carboxylic acids is 1. The third-order valence-corrected chi connectivity index (χ3v) is 2.75. The number of benzene rings is 1. The van der Waals surface area contributed by atoms with E-state index in [1.54, 1.807) is 24.3 Å². The summed E-state index contributed by atoms with van der Waals surface area (Å²) in [4.78, 5) is 13.6. The highest BCUT2D eigenvalue weighted by atomic mass is 16.3. The molecule has 0 radical (unpaired) electrons. The molecule has 0 atom stereocenters. The molecule has 1 amide bonds. The minimum absolute atomic E-state index is 0.144. The molecule has 2 aromatic rings. The highest BCUT2D eigenvalue weighted by Gasteiger charge is 2.14. The van der Waals surface area contributed by atoms with Gasteiger partial charge in [-0.1, -0.05) is 0 Å². The molecule has 2 N–H and O–H groups in total. The molecular formula is C12H15N5O3. The minimum Gasteiger partial charge on any atom is -0.395 e. The number of amides is 1. The van der Waals surface area contributed by atoms with Gasteiger partial charge in [-0.25, -0.2) is 4.68 Å². The van der Waals surface area contributed by atoms with Crippen LogP contribution in [0.4, 0.5) is 0 Å². The Labute approximate surface area is 115 Å². The van der Waals surface area contributed by atoms with E-state index in [-0.39, 0.29) is 32.2 Å². The Morgan fingerprint density at radius 3 is 2.30 bits per heavy atom. The van der Waals surface area contributed by atoms with Crippen molar-refractivity contribution >= 4 is 5.91 Å². The van der Waals surface area contributed by atoms with Crippen molar-refractivity contribution in [2.24, 2.45) is 0 Å². The molecule has 0 spiro atoms. The van der Waals surface area contributed by atoms with Gasteiger partial charge in [0.1, 0.15) is 6.33 Å². The molecular weight excluding hydrogens is 262 g/mol.